The molecule has 2 aromatic carbocycles. The lowest BCUT2D eigenvalue weighted by Gasteiger charge is -2.13. The molecular formula is C17H10ClF2NO3. The molecular weight excluding hydrogens is 340 g/mol. The summed E-state index contributed by atoms with van der Waals surface area (Å²) in [4.78, 5) is 23.5. The highest BCUT2D eigenvalue weighted by Gasteiger charge is 2.17. The summed E-state index contributed by atoms with van der Waals surface area (Å²) in [6, 6.07) is 8.07. The fourth-order valence-electron chi connectivity index (χ4n) is 2.48. The minimum Gasteiger partial charge on any atom is -0.477 e. The van der Waals surface area contributed by atoms with E-state index in [9.17, 15) is 23.5 Å². The van der Waals surface area contributed by atoms with Gasteiger partial charge in [0.1, 0.15) is 17.2 Å². The number of benzene rings is 2. The fraction of sp³-hybridized carbons (Fsp3) is 0.0588. The lowest BCUT2D eigenvalue weighted by atomic mass is 10.1. The van der Waals surface area contributed by atoms with Gasteiger partial charge in [-0.15, -0.1) is 0 Å². The van der Waals surface area contributed by atoms with Crippen molar-refractivity contribution in [3.63, 3.8) is 0 Å². The number of rotatable bonds is 3. The monoisotopic (exact) mass is 349 g/mol. The maximum absolute atomic E-state index is 13.9. The molecule has 0 atom stereocenters. The van der Waals surface area contributed by atoms with E-state index in [1.807, 2.05) is 0 Å². The molecule has 1 N–H and O–H groups in total. The van der Waals surface area contributed by atoms with Crippen LogP contribution in [-0.4, -0.2) is 15.6 Å². The van der Waals surface area contributed by atoms with Crippen LogP contribution >= 0.6 is 11.6 Å². The van der Waals surface area contributed by atoms with Crippen LogP contribution in [-0.2, 0) is 6.54 Å². The highest BCUT2D eigenvalue weighted by Crippen LogP contribution is 2.23. The average molecular weight is 350 g/mol. The van der Waals surface area contributed by atoms with E-state index in [0.717, 1.165) is 12.3 Å². The van der Waals surface area contributed by atoms with Crippen LogP contribution in [0.1, 0.15) is 15.9 Å². The van der Waals surface area contributed by atoms with E-state index in [-0.39, 0.29) is 22.5 Å². The second-order valence-corrected chi connectivity index (χ2v) is 5.59. The second-order valence-electron chi connectivity index (χ2n) is 5.18. The Kier molecular flexibility index (Phi) is 4.07. The smallest absolute Gasteiger partial charge is 0.341 e. The molecule has 0 amide bonds. The van der Waals surface area contributed by atoms with Gasteiger partial charge in [-0.05, 0) is 18.2 Å². The van der Waals surface area contributed by atoms with Crippen LogP contribution in [0.25, 0.3) is 10.9 Å². The summed E-state index contributed by atoms with van der Waals surface area (Å²) in [6.45, 7) is -0.0360. The van der Waals surface area contributed by atoms with E-state index < -0.39 is 28.6 Å². The summed E-state index contributed by atoms with van der Waals surface area (Å²) in [5.41, 5.74) is -0.836. The van der Waals surface area contributed by atoms with Gasteiger partial charge in [0, 0.05) is 17.1 Å². The number of halogens is 3. The minimum absolute atomic E-state index is 0.0360. The summed E-state index contributed by atoms with van der Waals surface area (Å²) in [5.74, 6) is -2.75. The zero-order chi connectivity index (χ0) is 17.4. The number of pyridine rings is 1. The van der Waals surface area contributed by atoms with Crippen LogP contribution < -0.4 is 5.43 Å². The van der Waals surface area contributed by atoms with Crippen molar-refractivity contribution in [2.24, 2.45) is 0 Å². The number of nitrogens with zero attached hydrogens (tertiary/aromatic N) is 1. The second kappa shape index (κ2) is 6.05. The molecule has 0 unspecified atom stereocenters. The van der Waals surface area contributed by atoms with E-state index >= 15 is 0 Å². The Morgan fingerprint density at radius 2 is 1.88 bits per heavy atom. The maximum atomic E-state index is 13.9. The third kappa shape index (κ3) is 2.76. The first-order chi connectivity index (χ1) is 11.4. The van der Waals surface area contributed by atoms with Crippen LogP contribution in [0.4, 0.5) is 8.78 Å². The van der Waals surface area contributed by atoms with Gasteiger partial charge in [0.05, 0.1) is 17.1 Å². The van der Waals surface area contributed by atoms with Gasteiger partial charge in [-0.25, -0.2) is 13.6 Å². The molecule has 0 fully saturated rings. The van der Waals surface area contributed by atoms with E-state index in [4.69, 9.17) is 11.6 Å². The van der Waals surface area contributed by atoms with Crippen molar-refractivity contribution >= 4 is 28.5 Å². The number of aromatic carboxylic acids is 1. The van der Waals surface area contributed by atoms with Gasteiger partial charge < -0.3 is 9.67 Å². The van der Waals surface area contributed by atoms with Crippen molar-refractivity contribution in [2.45, 2.75) is 6.54 Å². The predicted octanol–water partition coefficient (Wildman–Crippen LogP) is 3.68. The summed E-state index contributed by atoms with van der Waals surface area (Å²) < 4.78 is 28.9. The van der Waals surface area contributed by atoms with Crippen LogP contribution in [0.3, 0.4) is 0 Å². The predicted molar refractivity (Wildman–Crippen MR) is 85.6 cm³/mol. The van der Waals surface area contributed by atoms with Crippen LogP contribution in [0.2, 0.25) is 5.02 Å². The van der Waals surface area contributed by atoms with Gasteiger partial charge in [0.2, 0.25) is 5.43 Å². The largest absolute Gasteiger partial charge is 0.477 e. The van der Waals surface area contributed by atoms with Crippen molar-refractivity contribution in [2.75, 3.05) is 0 Å². The molecule has 0 radical (unpaired) electrons. The Morgan fingerprint density at radius 1 is 1.17 bits per heavy atom. The van der Waals surface area contributed by atoms with E-state index in [2.05, 4.69) is 0 Å². The molecule has 0 aliphatic heterocycles. The van der Waals surface area contributed by atoms with E-state index in [0.29, 0.717) is 5.56 Å². The number of carboxylic acids is 1. The van der Waals surface area contributed by atoms with Crippen molar-refractivity contribution in [1.82, 2.24) is 4.57 Å². The lowest BCUT2D eigenvalue weighted by molar-refractivity contribution is 0.0695. The topological polar surface area (TPSA) is 59.3 Å². The number of aromatic nitrogens is 1. The number of carbonyl (C=O) groups is 1. The Balaban J connectivity index is 2.31. The van der Waals surface area contributed by atoms with Crippen molar-refractivity contribution < 1.29 is 18.7 Å². The van der Waals surface area contributed by atoms with Crippen LogP contribution in [0.5, 0.6) is 0 Å². The highest BCUT2D eigenvalue weighted by atomic mass is 35.5. The van der Waals surface area contributed by atoms with Gasteiger partial charge in [0.25, 0.3) is 0 Å². The first kappa shape index (κ1) is 16.1. The maximum Gasteiger partial charge on any atom is 0.341 e. The van der Waals surface area contributed by atoms with Crippen molar-refractivity contribution in [3.05, 3.63) is 80.6 Å². The molecule has 24 heavy (non-hydrogen) atoms. The zero-order valence-corrected chi connectivity index (χ0v) is 12.8. The number of carboxylic acid groups (broad SMARTS) is 1. The molecule has 0 bridgehead atoms. The van der Waals surface area contributed by atoms with Gasteiger partial charge in [-0.3, -0.25) is 4.79 Å². The Hall–Kier alpha value is -2.73. The van der Waals surface area contributed by atoms with E-state index in [1.54, 1.807) is 6.07 Å². The van der Waals surface area contributed by atoms with Crippen molar-refractivity contribution in [1.29, 1.82) is 0 Å². The summed E-state index contributed by atoms with van der Waals surface area (Å²) in [7, 11) is 0. The minimum atomic E-state index is -1.44. The fourth-order valence-corrected chi connectivity index (χ4v) is 2.64. The molecule has 4 nitrogen and oxygen atoms in total. The molecule has 0 aliphatic carbocycles. The number of hydrogen-bond donors (Lipinski definition) is 1. The third-order valence-corrected chi connectivity index (χ3v) is 3.94. The molecule has 0 spiro atoms. The lowest BCUT2D eigenvalue weighted by Crippen LogP contribution is -2.19. The molecule has 0 aliphatic rings. The quantitative estimate of drug-likeness (QED) is 0.784. The zero-order valence-electron chi connectivity index (χ0n) is 12.1. The molecule has 0 saturated carbocycles. The number of fused-ring (bicyclic) bond motifs is 1. The average Bonchev–Trinajstić information content (AvgIpc) is 2.53. The summed E-state index contributed by atoms with van der Waals surface area (Å²) in [6.07, 6.45) is 1.10. The molecule has 7 heteroatoms. The molecule has 3 aromatic rings. The normalized spacial score (nSPS) is 11.0. The molecule has 3 rings (SSSR count). The van der Waals surface area contributed by atoms with Gasteiger partial charge in [0.15, 0.2) is 0 Å². The van der Waals surface area contributed by atoms with E-state index in [1.165, 1.54) is 28.8 Å². The van der Waals surface area contributed by atoms with Crippen LogP contribution in [0, 0.1) is 11.6 Å². The summed E-state index contributed by atoms with van der Waals surface area (Å²) in [5, 5.41) is 8.84. The SMILES string of the molecule is O=C(O)c1cn(Cc2ccccc2F)c2cc(Cl)c(F)cc2c1=O. The first-order valence-electron chi connectivity index (χ1n) is 6.87. The van der Waals surface area contributed by atoms with Gasteiger partial charge >= 0.3 is 5.97 Å². The standard InChI is InChI=1S/C17H10ClF2NO3/c18-12-6-15-10(5-14(12)20)16(22)11(17(23)24)8-21(15)7-9-3-1-2-4-13(9)19/h1-6,8H,7H2,(H,23,24). The van der Waals surface area contributed by atoms with Crippen LogP contribution in [0.15, 0.2) is 47.4 Å². The number of hydrogen-bond acceptors (Lipinski definition) is 2. The Labute approximate surface area is 139 Å². The first-order valence-corrected chi connectivity index (χ1v) is 7.25. The Morgan fingerprint density at radius 3 is 2.54 bits per heavy atom. The molecule has 122 valence electrons. The molecule has 1 heterocycles. The summed E-state index contributed by atoms with van der Waals surface area (Å²) >= 11 is 5.77. The van der Waals surface area contributed by atoms with Gasteiger partial charge in [-0.2, -0.15) is 0 Å². The molecule has 1 aromatic heterocycles. The highest BCUT2D eigenvalue weighted by molar-refractivity contribution is 6.31. The van der Waals surface area contributed by atoms with Gasteiger partial charge in [-0.1, -0.05) is 29.8 Å². The van der Waals surface area contributed by atoms with Crippen molar-refractivity contribution in [3.8, 4) is 0 Å². The Bertz CT molecular complexity index is 1030. The third-order valence-electron chi connectivity index (χ3n) is 3.65. The molecule has 0 saturated heterocycles.